The zero-order chi connectivity index (χ0) is 17.0. The SMILES string of the molecule is CCCC(O)(CCC)C(=O)N=Nc1c(O)[nH]c2ccc(Br)cc12. The minimum absolute atomic E-state index is 0.163. The molecule has 0 spiro atoms. The summed E-state index contributed by atoms with van der Waals surface area (Å²) in [7, 11) is 0. The first-order valence-corrected chi connectivity index (χ1v) is 8.39. The lowest BCUT2D eigenvalue weighted by atomic mass is 9.92. The third kappa shape index (κ3) is 3.79. The summed E-state index contributed by atoms with van der Waals surface area (Å²) in [6.07, 6.45) is 2.01. The summed E-state index contributed by atoms with van der Waals surface area (Å²) in [5.74, 6) is -0.839. The largest absolute Gasteiger partial charge is 0.493 e. The number of aromatic hydroxyl groups is 1. The van der Waals surface area contributed by atoms with Gasteiger partial charge in [0.25, 0.3) is 5.91 Å². The van der Waals surface area contributed by atoms with Crippen molar-refractivity contribution in [3.05, 3.63) is 22.7 Å². The van der Waals surface area contributed by atoms with E-state index in [1.807, 2.05) is 19.9 Å². The number of halogens is 1. The molecule has 0 bridgehead atoms. The number of hydrogen-bond acceptors (Lipinski definition) is 4. The van der Waals surface area contributed by atoms with E-state index in [-0.39, 0.29) is 11.6 Å². The molecule has 0 aliphatic rings. The summed E-state index contributed by atoms with van der Waals surface area (Å²) in [6, 6.07) is 5.38. The van der Waals surface area contributed by atoms with E-state index in [0.717, 1.165) is 4.47 Å². The number of rotatable bonds is 6. The standard InChI is InChI=1S/C16H20BrN3O3/c1-3-7-16(23,8-4-2)15(22)20-19-13-11-9-10(17)5-6-12(11)18-14(13)21/h5-6,9,18,21,23H,3-4,7-8H2,1-2H3. The van der Waals surface area contributed by atoms with Crippen LogP contribution in [0.15, 0.2) is 32.9 Å². The second kappa shape index (κ2) is 7.23. The van der Waals surface area contributed by atoms with Crippen LogP contribution in [0.2, 0.25) is 0 Å². The molecular formula is C16H20BrN3O3. The summed E-state index contributed by atoms with van der Waals surface area (Å²) in [5, 5.41) is 28.6. The number of aromatic amines is 1. The summed E-state index contributed by atoms with van der Waals surface area (Å²) in [6.45, 7) is 3.79. The van der Waals surface area contributed by atoms with Crippen LogP contribution in [-0.2, 0) is 4.79 Å². The van der Waals surface area contributed by atoms with Crippen molar-refractivity contribution in [2.24, 2.45) is 10.2 Å². The first kappa shape index (κ1) is 17.6. The molecule has 2 aromatic rings. The Morgan fingerprint density at radius 2 is 1.96 bits per heavy atom. The molecule has 0 atom stereocenters. The van der Waals surface area contributed by atoms with Gasteiger partial charge in [0.05, 0.1) is 5.52 Å². The van der Waals surface area contributed by atoms with Crippen molar-refractivity contribution in [1.82, 2.24) is 4.98 Å². The van der Waals surface area contributed by atoms with Gasteiger partial charge in [-0.1, -0.05) is 42.6 Å². The molecule has 0 aliphatic heterocycles. The van der Waals surface area contributed by atoms with E-state index in [1.54, 1.807) is 12.1 Å². The van der Waals surface area contributed by atoms with Gasteiger partial charge < -0.3 is 15.2 Å². The predicted octanol–water partition coefficient (Wildman–Crippen LogP) is 4.58. The van der Waals surface area contributed by atoms with Gasteiger partial charge in [-0.15, -0.1) is 10.2 Å². The third-order valence-corrected chi connectivity index (χ3v) is 4.17. The average molecular weight is 382 g/mol. The highest BCUT2D eigenvalue weighted by Crippen LogP contribution is 2.37. The van der Waals surface area contributed by atoms with Crippen molar-refractivity contribution >= 4 is 38.4 Å². The second-order valence-corrected chi connectivity index (χ2v) is 6.46. The Labute approximate surface area is 142 Å². The van der Waals surface area contributed by atoms with Crippen LogP contribution in [0.25, 0.3) is 10.9 Å². The summed E-state index contributed by atoms with van der Waals surface area (Å²) in [5.41, 5.74) is -0.621. The first-order chi connectivity index (χ1) is 10.9. The molecule has 124 valence electrons. The van der Waals surface area contributed by atoms with E-state index in [9.17, 15) is 15.0 Å². The molecule has 6 nitrogen and oxygen atoms in total. The normalized spacial score (nSPS) is 12.3. The number of hydrogen-bond donors (Lipinski definition) is 3. The first-order valence-electron chi connectivity index (χ1n) is 7.60. The van der Waals surface area contributed by atoms with Gasteiger partial charge in [-0.05, 0) is 31.0 Å². The number of azo groups is 1. The van der Waals surface area contributed by atoms with E-state index in [1.165, 1.54) is 0 Å². The minimum atomic E-state index is -1.49. The number of benzene rings is 1. The molecular weight excluding hydrogens is 362 g/mol. The van der Waals surface area contributed by atoms with Gasteiger partial charge >= 0.3 is 0 Å². The van der Waals surface area contributed by atoms with Gasteiger partial charge in [-0.2, -0.15) is 0 Å². The van der Waals surface area contributed by atoms with E-state index in [4.69, 9.17) is 0 Å². The zero-order valence-electron chi connectivity index (χ0n) is 13.1. The highest BCUT2D eigenvalue weighted by molar-refractivity contribution is 9.10. The van der Waals surface area contributed by atoms with Crippen LogP contribution in [0.5, 0.6) is 5.88 Å². The number of aromatic nitrogens is 1. The number of aliphatic hydroxyl groups is 1. The molecule has 0 saturated carbocycles. The molecule has 1 aromatic carbocycles. The van der Waals surface area contributed by atoms with Gasteiger partial charge in [0.1, 0.15) is 5.60 Å². The molecule has 0 unspecified atom stereocenters. The van der Waals surface area contributed by atoms with Crippen molar-refractivity contribution < 1.29 is 15.0 Å². The Bertz CT molecular complexity index is 733. The van der Waals surface area contributed by atoms with Crippen LogP contribution in [0.4, 0.5) is 5.69 Å². The van der Waals surface area contributed by atoms with Crippen molar-refractivity contribution in [1.29, 1.82) is 0 Å². The van der Waals surface area contributed by atoms with E-state index in [0.29, 0.717) is 36.6 Å². The monoisotopic (exact) mass is 381 g/mol. The maximum atomic E-state index is 12.2. The van der Waals surface area contributed by atoms with Gasteiger partial charge in [-0.3, -0.25) is 4.79 Å². The van der Waals surface area contributed by atoms with Crippen molar-refractivity contribution in [2.75, 3.05) is 0 Å². The Morgan fingerprint density at radius 1 is 1.30 bits per heavy atom. The fraction of sp³-hybridized carbons (Fsp3) is 0.438. The number of nitrogens with one attached hydrogen (secondary N) is 1. The Balaban J connectivity index is 2.34. The van der Waals surface area contributed by atoms with Gasteiger partial charge in [0.15, 0.2) is 5.69 Å². The zero-order valence-corrected chi connectivity index (χ0v) is 14.7. The summed E-state index contributed by atoms with van der Waals surface area (Å²) >= 11 is 3.35. The fourth-order valence-corrected chi connectivity index (χ4v) is 2.95. The number of H-pyrrole nitrogens is 1. The Morgan fingerprint density at radius 3 is 2.57 bits per heavy atom. The van der Waals surface area contributed by atoms with Crippen LogP contribution in [0.1, 0.15) is 39.5 Å². The lowest BCUT2D eigenvalue weighted by Crippen LogP contribution is -2.37. The van der Waals surface area contributed by atoms with E-state index >= 15 is 0 Å². The Kier molecular flexibility index (Phi) is 5.54. The third-order valence-electron chi connectivity index (χ3n) is 3.68. The molecule has 0 radical (unpaired) electrons. The quantitative estimate of drug-likeness (QED) is 0.638. The predicted molar refractivity (Wildman–Crippen MR) is 92.0 cm³/mol. The number of amides is 1. The molecule has 7 heteroatoms. The van der Waals surface area contributed by atoms with Crippen LogP contribution < -0.4 is 0 Å². The fourth-order valence-electron chi connectivity index (χ4n) is 2.59. The van der Waals surface area contributed by atoms with Gasteiger partial charge in [0.2, 0.25) is 5.88 Å². The average Bonchev–Trinajstić information content (AvgIpc) is 2.80. The second-order valence-electron chi connectivity index (χ2n) is 5.55. The molecule has 2 rings (SSSR count). The van der Waals surface area contributed by atoms with Crippen molar-refractivity contribution in [3.8, 4) is 5.88 Å². The van der Waals surface area contributed by atoms with Crippen LogP contribution in [0.3, 0.4) is 0 Å². The smallest absolute Gasteiger partial charge is 0.296 e. The van der Waals surface area contributed by atoms with Crippen molar-refractivity contribution in [3.63, 3.8) is 0 Å². The number of fused-ring (bicyclic) bond motifs is 1. The highest BCUT2D eigenvalue weighted by Gasteiger charge is 2.34. The van der Waals surface area contributed by atoms with E-state index < -0.39 is 11.5 Å². The van der Waals surface area contributed by atoms with Crippen LogP contribution in [-0.4, -0.2) is 26.7 Å². The molecule has 3 N–H and O–H groups in total. The topological polar surface area (TPSA) is 98.0 Å². The maximum absolute atomic E-state index is 12.2. The number of carbonyl (C=O) groups excluding carboxylic acids is 1. The molecule has 0 fully saturated rings. The number of nitrogens with zero attached hydrogens (tertiary/aromatic N) is 2. The summed E-state index contributed by atoms with van der Waals surface area (Å²) in [4.78, 5) is 15.0. The lowest BCUT2D eigenvalue weighted by molar-refractivity contribution is -0.138. The molecule has 1 heterocycles. The molecule has 23 heavy (non-hydrogen) atoms. The molecule has 1 amide bonds. The number of carbonyl (C=O) groups is 1. The van der Waals surface area contributed by atoms with Gasteiger partial charge in [0, 0.05) is 9.86 Å². The molecule has 0 aliphatic carbocycles. The van der Waals surface area contributed by atoms with Gasteiger partial charge in [-0.25, -0.2) is 0 Å². The van der Waals surface area contributed by atoms with Crippen molar-refractivity contribution in [2.45, 2.75) is 45.1 Å². The Hall–Kier alpha value is -1.73. The lowest BCUT2D eigenvalue weighted by Gasteiger charge is -2.22. The maximum Gasteiger partial charge on any atom is 0.296 e. The highest BCUT2D eigenvalue weighted by atomic mass is 79.9. The van der Waals surface area contributed by atoms with Crippen LogP contribution >= 0.6 is 15.9 Å². The molecule has 0 saturated heterocycles. The van der Waals surface area contributed by atoms with E-state index in [2.05, 4.69) is 31.1 Å². The molecule has 1 aromatic heterocycles. The van der Waals surface area contributed by atoms with Crippen LogP contribution in [0, 0.1) is 0 Å². The summed E-state index contributed by atoms with van der Waals surface area (Å²) < 4.78 is 0.820. The minimum Gasteiger partial charge on any atom is -0.493 e.